The van der Waals surface area contributed by atoms with Crippen molar-refractivity contribution in [3.05, 3.63) is 0 Å². The van der Waals surface area contributed by atoms with Gasteiger partial charge in [-0.05, 0) is 18.9 Å². The first-order chi connectivity index (χ1) is 15.8. The molecule has 6 aliphatic rings. The summed E-state index contributed by atoms with van der Waals surface area (Å²) in [6.45, 7) is 4.14. The zero-order valence-corrected chi connectivity index (χ0v) is 20.5. The zero-order chi connectivity index (χ0) is 23.5. The number of likely N-dealkylation sites (tertiary alicyclic amines) is 1. The maximum absolute atomic E-state index is 12.6. The largest absolute Gasteiger partial charge is 0.392 e. The number of ether oxygens (including phenoxy) is 4. The number of methoxy groups -OCH3 is 4. The molecule has 14 atom stereocenters. The maximum atomic E-state index is 12.6. The molecule has 0 amide bonds. The maximum Gasteiger partial charge on any atom is 0.0796 e. The second kappa shape index (κ2) is 7.35. The van der Waals surface area contributed by atoms with Gasteiger partial charge < -0.3 is 34.3 Å². The molecule has 5 saturated carbocycles. The topological polar surface area (TPSA) is 101 Å². The molecule has 0 aromatic carbocycles. The molecule has 0 aromatic heterocycles. The summed E-state index contributed by atoms with van der Waals surface area (Å²) >= 11 is 0. The molecule has 0 aromatic rings. The number of nitrogens with zero attached hydrogens (tertiary/aromatic N) is 1. The molecule has 8 nitrogen and oxygen atoms in total. The molecular formula is C25H41NO7. The summed E-state index contributed by atoms with van der Waals surface area (Å²) in [4.78, 5) is 2.47. The Morgan fingerprint density at radius 1 is 1.00 bits per heavy atom. The SMILES string of the molecule is CCN1C[C@]2(COC)[C@H](O)C[C@H](OC)[C@@]34[C@@H]5C[C@H]6[C@H](O)[C@@H]5[C@](O)(C[C@@H]6OC)[C@@H]([C@H](OC)[C@H]23)[C@@H]14. The highest BCUT2D eigenvalue weighted by Crippen LogP contribution is 2.79. The summed E-state index contributed by atoms with van der Waals surface area (Å²) in [6, 6.07) is 0.0627. The molecule has 0 radical (unpaired) electrons. The second-order valence-corrected chi connectivity index (χ2v) is 11.8. The van der Waals surface area contributed by atoms with Crippen LogP contribution >= 0.6 is 0 Å². The van der Waals surface area contributed by atoms with Crippen molar-refractivity contribution in [3.63, 3.8) is 0 Å². The van der Waals surface area contributed by atoms with Gasteiger partial charge in [-0.1, -0.05) is 6.92 Å². The molecule has 188 valence electrons. The van der Waals surface area contributed by atoms with Crippen molar-refractivity contribution in [2.24, 2.45) is 40.4 Å². The molecule has 1 aliphatic heterocycles. The normalized spacial score (nSPS) is 60.9. The Hall–Kier alpha value is -0.320. The van der Waals surface area contributed by atoms with E-state index < -0.39 is 23.2 Å². The van der Waals surface area contributed by atoms with Gasteiger partial charge in [0.25, 0.3) is 0 Å². The van der Waals surface area contributed by atoms with Crippen LogP contribution in [0.1, 0.15) is 26.2 Å². The van der Waals surface area contributed by atoms with Crippen LogP contribution in [0.2, 0.25) is 0 Å². The molecule has 33 heavy (non-hydrogen) atoms. The Labute approximate surface area is 196 Å². The van der Waals surface area contributed by atoms with Gasteiger partial charge in [-0.2, -0.15) is 0 Å². The van der Waals surface area contributed by atoms with Crippen LogP contribution in [-0.2, 0) is 18.9 Å². The molecule has 6 fully saturated rings. The van der Waals surface area contributed by atoms with Crippen LogP contribution < -0.4 is 0 Å². The molecule has 1 saturated heterocycles. The number of fused-ring (bicyclic) bond motifs is 2. The zero-order valence-electron chi connectivity index (χ0n) is 20.5. The third kappa shape index (κ3) is 2.32. The van der Waals surface area contributed by atoms with Gasteiger partial charge in [0.05, 0.1) is 42.7 Å². The van der Waals surface area contributed by atoms with Crippen LogP contribution in [0.3, 0.4) is 0 Å². The standard InChI is InChI=1S/C25H41NO7/c1-6-26-10-23(11-30-2)15(27)8-16(32-4)25-13-7-12-14(31-3)9-24(29,17(13)19(12)28)18(22(25)26)20(33-5)21(23)25/h12-22,27-29H,6-11H2,1-5H3/t12-,13-,14+,15-,16+,17-,18+,19+,20+,21-,22-,23+,24-,25+/m1/s1. The van der Waals surface area contributed by atoms with E-state index in [0.29, 0.717) is 19.4 Å². The lowest BCUT2D eigenvalue weighted by atomic mass is 9.42. The van der Waals surface area contributed by atoms with Crippen LogP contribution in [-0.4, -0.2) is 111 Å². The van der Waals surface area contributed by atoms with Crippen molar-refractivity contribution >= 4 is 0 Å². The summed E-state index contributed by atoms with van der Waals surface area (Å²) in [5, 5.41) is 35.8. The molecule has 1 heterocycles. The first kappa shape index (κ1) is 23.1. The van der Waals surface area contributed by atoms with E-state index in [1.807, 2.05) is 0 Å². The van der Waals surface area contributed by atoms with Gasteiger partial charge in [-0.3, -0.25) is 4.90 Å². The summed E-state index contributed by atoms with van der Waals surface area (Å²) < 4.78 is 24.3. The fourth-order valence-electron chi connectivity index (χ4n) is 10.9. The summed E-state index contributed by atoms with van der Waals surface area (Å²) in [6.07, 6.45) is 0.0688. The molecule has 1 spiro atoms. The number of piperidine rings is 1. The first-order valence-corrected chi connectivity index (χ1v) is 12.7. The Morgan fingerprint density at radius 2 is 1.76 bits per heavy atom. The van der Waals surface area contributed by atoms with Gasteiger partial charge in [0, 0.05) is 88.4 Å². The summed E-state index contributed by atoms with van der Waals surface area (Å²) in [5.41, 5.74) is -1.93. The minimum absolute atomic E-state index is 0.0111. The Morgan fingerprint density at radius 3 is 2.36 bits per heavy atom. The van der Waals surface area contributed by atoms with Gasteiger partial charge in [0.15, 0.2) is 0 Å². The molecule has 7 bridgehead atoms. The predicted octanol–water partition coefficient (Wildman–Crippen LogP) is 0.127. The van der Waals surface area contributed by atoms with Crippen molar-refractivity contribution in [2.75, 3.05) is 48.1 Å². The van der Waals surface area contributed by atoms with Crippen molar-refractivity contribution in [1.29, 1.82) is 0 Å². The monoisotopic (exact) mass is 467 g/mol. The first-order valence-electron chi connectivity index (χ1n) is 12.7. The molecular weight excluding hydrogens is 426 g/mol. The highest BCUT2D eigenvalue weighted by molar-refractivity contribution is 5.36. The van der Waals surface area contributed by atoms with Crippen molar-refractivity contribution in [3.8, 4) is 0 Å². The average molecular weight is 468 g/mol. The van der Waals surface area contributed by atoms with Gasteiger partial charge in [0.1, 0.15) is 0 Å². The summed E-state index contributed by atoms with van der Waals surface area (Å²) in [5.74, 6) is -0.369. The van der Waals surface area contributed by atoms with Crippen molar-refractivity contribution < 1.29 is 34.3 Å². The van der Waals surface area contributed by atoms with Crippen LogP contribution in [0.25, 0.3) is 0 Å². The van der Waals surface area contributed by atoms with Crippen LogP contribution in [0.15, 0.2) is 0 Å². The smallest absolute Gasteiger partial charge is 0.0796 e. The van der Waals surface area contributed by atoms with Crippen molar-refractivity contribution in [1.82, 2.24) is 4.90 Å². The fourth-order valence-corrected chi connectivity index (χ4v) is 10.9. The number of hydrogen-bond donors (Lipinski definition) is 3. The lowest BCUT2D eigenvalue weighted by Gasteiger charge is -2.70. The average Bonchev–Trinajstić information content (AvgIpc) is 3.20. The lowest BCUT2D eigenvalue weighted by molar-refractivity contribution is -0.295. The van der Waals surface area contributed by atoms with E-state index in [1.165, 1.54) is 0 Å². The fraction of sp³-hybridized carbons (Fsp3) is 1.00. The molecule has 6 rings (SSSR count). The van der Waals surface area contributed by atoms with Crippen LogP contribution in [0.4, 0.5) is 0 Å². The number of aliphatic hydroxyl groups is 3. The number of hydrogen-bond acceptors (Lipinski definition) is 8. The molecule has 5 aliphatic carbocycles. The van der Waals surface area contributed by atoms with Gasteiger partial charge in [-0.25, -0.2) is 0 Å². The highest BCUT2D eigenvalue weighted by Gasteiger charge is 2.87. The van der Waals surface area contributed by atoms with Gasteiger partial charge >= 0.3 is 0 Å². The van der Waals surface area contributed by atoms with E-state index in [1.54, 1.807) is 28.4 Å². The third-order valence-corrected chi connectivity index (χ3v) is 11.5. The van der Waals surface area contributed by atoms with Crippen LogP contribution in [0.5, 0.6) is 0 Å². The minimum Gasteiger partial charge on any atom is -0.392 e. The molecule has 8 heteroatoms. The van der Waals surface area contributed by atoms with Crippen LogP contribution in [0, 0.1) is 40.4 Å². The molecule has 0 unspecified atom stereocenters. The van der Waals surface area contributed by atoms with E-state index >= 15 is 0 Å². The third-order valence-electron chi connectivity index (χ3n) is 11.5. The quantitative estimate of drug-likeness (QED) is 0.507. The van der Waals surface area contributed by atoms with E-state index in [2.05, 4.69) is 11.8 Å². The Kier molecular flexibility index (Phi) is 5.15. The highest BCUT2D eigenvalue weighted by atomic mass is 16.5. The van der Waals surface area contributed by atoms with E-state index in [0.717, 1.165) is 19.5 Å². The van der Waals surface area contributed by atoms with E-state index in [-0.39, 0.29) is 59.4 Å². The number of rotatable bonds is 6. The van der Waals surface area contributed by atoms with Gasteiger partial charge in [0.2, 0.25) is 0 Å². The Bertz CT molecular complexity index is 799. The molecule has 3 N–H and O–H groups in total. The predicted molar refractivity (Wildman–Crippen MR) is 118 cm³/mol. The number of aliphatic hydroxyl groups excluding tert-OH is 2. The minimum atomic E-state index is -1.09. The Balaban J connectivity index is 1.65. The lowest BCUT2D eigenvalue weighted by Crippen LogP contribution is -2.78. The second-order valence-electron chi connectivity index (χ2n) is 11.8. The van der Waals surface area contributed by atoms with Crippen molar-refractivity contribution in [2.45, 2.75) is 68.3 Å². The summed E-state index contributed by atoms with van der Waals surface area (Å²) in [7, 11) is 6.91. The van der Waals surface area contributed by atoms with E-state index in [4.69, 9.17) is 18.9 Å². The van der Waals surface area contributed by atoms with Gasteiger partial charge in [-0.15, -0.1) is 0 Å². The van der Waals surface area contributed by atoms with E-state index in [9.17, 15) is 15.3 Å².